The van der Waals surface area contributed by atoms with Gasteiger partial charge >= 0.3 is 0 Å². The lowest BCUT2D eigenvalue weighted by Gasteiger charge is -2.13. The zero-order valence-electron chi connectivity index (χ0n) is 10.1. The van der Waals surface area contributed by atoms with Gasteiger partial charge in [0.05, 0.1) is 17.6 Å². The van der Waals surface area contributed by atoms with E-state index in [1.807, 2.05) is 19.2 Å². The number of aromatic nitrogens is 2. The Morgan fingerprint density at radius 2 is 2.35 bits per heavy atom. The second-order valence-electron chi connectivity index (χ2n) is 4.71. The van der Waals surface area contributed by atoms with Gasteiger partial charge in [0, 0.05) is 19.1 Å². The number of H-pyrrole nitrogens is 1. The summed E-state index contributed by atoms with van der Waals surface area (Å²) in [5.74, 6) is 1.07. The van der Waals surface area contributed by atoms with Gasteiger partial charge in [0.25, 0.3) is 0 Å². The molecule has 1 aromatic heterocycles. The van der Waals surface area contributed by atoms with E-state index in [-0.39, 0.29) is 0 Å². The molecule has 4 nitrogen and oxygen atoms in total. The normalized spacial score (nSPS) is 21.4. The molecule has 0 amide bonds. The van der Waals surface area contributed by atoms with E-state index in [1.165, 1.54) is 6.42 Å². The highest BCUT2D eigenvalue weighted by atomic mass is 15.2. The molecule has 90 valence electrons. The highest BCUT2D eigenvalue weighted by molar-refractivity contribution is 5.74. The van der Waals surface area contributed by atoms with E-state index in [0.29, 0.717) is 6.04 Å². The van der Waals surface area contributed by atoms with Crippen molar-refractivity contribution in [2.24, 2.45) is 0 Å². The molecule has 0 bridgehead atoms. The second kappa shape index (κ2) is 4.47. The Balaban J connectivity index is 1.73. The predicted octanol–water partition coefficient (Wildman–Crippen LogP) is 1.36. The number of benzene rings is 1. The number of likely N-dealkylation sites (tertiary alicyclic amines) is 1. The Kier molecular flexibility index (Phi) is 2.82. The number of rotatable bonds is 3. The fourth-order valence-corrected chi connectivity index (χ4v) is 2.50. The molecule has 0 radical (unpaired) electrons. The first kappa shape index (κ1) is 10.7. The van der Waals surface area contributed by atoms with E-state index in [2.05, 4.69) is 32.3 Å². The minimum atomic E-state index is 0.638. The number of imidazole rings is 1. The van der Waals surface area contributed by atoms with Gasteiger partial charge in [0.2, 0.25) is 0 Å². The summed E-state index contributed by atoms with van der Waals surface area (Å²) in [7, 11) is 2.04. The van der Waals surface area contributed by atoms with Gasteiger partial charge in [-0.15, -0.1) is 0 Å². The van der Waals surface area contributed by atoms with E-state index < -0.39 is 0 Å². The third-order valence-electron chi connectivity index (χ3n) is 3.49. The summed E-state index contributed by atoms with van der Waals surface area (Å²) in [6, 6.07) is 8.83. The average molecular weight is 230 g/mol. The fraction of sp³-hybridized carbons (Fsp3) is 0.462. The fourth-order valence-electron chi connectivity index (χ4n) is 2.50. The molecule has 2 N–H and O–H groups in total. The summed E-state index contributed by atoms with van der Waals surface area (Å²) in [5, 5.41) is 3.33. The van der Waals surface area contributed by atoms with Crippen molar-refractivity contribution in [2.45, 2.75) is 19.0 Å². The van der Waals surface area contributed by atoms with Crippen molar-refractivity contribution in [3.05, 3.63) is 30.1 Å². The first-order chi connectivity index (χ1) is 8.35. The van der Waals surface area contributed by atoms with Crippen molar-refractivity contribution >= 4 is 11.0 Å². The molecule has 0 saturated carbocycles. The predicted molar refractivity (Wildman–Crippen MR) is 68.8 cm³/mol. The van der Waals surface area contributed by atoms with Crippen molar-refractivity contribution in [3.8, 4) is 0 Å². The summed E-state index contributed by atoms with van der Waals surface area (Å²) >= 11 is 0. The zero-order valence-corrected chi connectivity index (χ0v) is 10.1. The summed E-state index contributed by atoms with van der Waals surface area (Å²) in [6.07, 6.45) is 1.23. The molecule has 1 fully saturated rings. The molecule has 1 saturated heterocycles. The maximum atomic E-state index is 4.61. The first-order valence-corrected chi connectivity index (χ1v) is 6.18. The van der Waals surface area contributed by atoms with Crippen molar-refractivity contribution in [2.75, 3.05) is 20.1 Å². The van der Waals surface area contributed by atoms with Gasteiger partial charge in [-0.2, -0.15) is 0 Å². The van der Waals surface area contributed by atoms with E-state index in [4.69, 9.17) is 0 Å². The van der Waals surface area contributed by atoms with Crippen LogP contribution in [0.5, 0.6) is 0 Å². The SMILES string of the molecule is CNC1CCN(Cc2nc3ccccc3[nH]2)C1. The molecule has 4 heteroatoms. The third-order valence-corrected chi connectivity index (χ3v) is 3.49. The zero-order chi connectivity index (χ0) is 11.7. The van der Waals surface area contributed by atoms with Crippen molar-refractivity contribution in [1.29, 1.82) is 0 Å². The topological polar surface area (TPSA) is 44.0 Å². The van der Waals surface area contributed by atoms with Gasteiger partial charge in [-0.25, -0.2) is 4.98 Å². The molecule has 1 aromatic carbocycles. The number of nitrogens with one attached hydrogen (secondary N) is 2. The highest BCUT2D eigenvalue weighted by Gasteiger charge is 2.21. The number of para-hydroxylation sites is 2. The Morgan fingerprint density at radius 1 is 1.47 bits per heavy atom. The molecule has 2 heterocycles. The monoisotopic (exact) mass is 230 g/mol. The van der Waals surface area contributed by atoms with E-state index in [1.54, 1.807) is 0 Å². The van der Waals surface area contributed by atoms with Gasteiger partial charge < -0.3 is 10.3 Å². The van der Waals surface area contributed by atoms with Crippen LogP contribution in [-0.4, -0.2) is 41.0 Å². The molecule has 0 spiro atoms. The molecular formula is C13H18N4. The van der Waals surface area contributed by atoms with Crippen LogP contribution in [0.2, 0.25) is 0 Å². The number of hydrogen-bond donors (Lipinski definition) is 2. The molecule has 2 aromatic rings. The maximum Gasteiger partial charge on any atom is 0.121 e. The summed E-state index contributed by atoms with van der Waals surface area (Å²) in [6.45, 7) is 3.20. The molecular weight excluding hydrogens is 212 g/mol. The first-order valence-electron chi connectivity index (χ1n) is 6.18. The quantitative estimate of drug-likeness (QED) is 0.836. The van der Waals surface area contributed by atoms with Gasteiger partial charge in [-0.3, -0.25) is 4.90 Å². The molecule has 0 aliphatic carbocycles. The molecule has 1 aliphatic heterocycles. The number of hydrogen-bond acceptors (Lipinski definition) is 3. The number of fused-ring (bicyclic) bond motifs is 1. The maximum absolute atomic E-state index is 4.61. The number of likely N-dealkylation sites (N-methyl/N-ethyl adjacent to an activating group) is 1. The van der Waals surface area contributed by atoms with Crippen LogP contribution in [0.3, 0.4) is 0 Å². The Morgan fingerprint density at radius 3 is 3.12 bits per heavy atom. The van der Waals surface area contributed by atoms with Crippen LogP contribution in [-0.2, 0) is 6.54 Å². The number of nitrogens with zero attached hydrogens (tertiary/aromatic N) is 2. The van der Waals surface area contributed by atoms with Crippen LogP contribution < -0.4 is 5.32 Å². The van der Waals surface area contributed by atoms with Crippen LogP contribution in [0.15, 0.2) is 24.3 Å². The van der Waals surface area contributed by atoms with Crippen molar-refractivity contribution in [3.63, 3.8) is 0 Å². The van der Waals surface area contributed by atoms with Gasteiger partial charge in [0.15, 0.2) is 0 Å². The minimum Gasteiger partial charge on any atom is -0.341 e. The lowest BCUT2D eigenvalue weighted by atomic mass is 10.3. The minimum absolute atomic E-state index is 0.638. The molecule has 3 rings (SSSR count). The summed E-state index contributed by atoms with van der Waals surface area (Å²) < 4.78 is 0. The molecule has 17 heavy (non-hydrogen) atoms. The van der Waals surface area contributed by atoms with Crippen molar-refractivity contribution < 1.29 is 0 Å². The Hall–Kier alpha value is -1.39. The molecule has 1 unspecified atom stereocenters. The standard InChI is InChI=1S/C13H18N4/c1-14-10-6-7-17(8-10)9-13-15-11-4-2-3-5-12(11)16-13/h2-5,10,14H,6-9H2,1H3,(H,15,16). The third kappa shape index (κ3) is 2.18. The second-order valence-corrected chi connectivity index (χ2v) is 4.71. The largest absolute Gasteiger partial charge is 0.341 e. The van der Waals surface area contributed by atoms with Crippen LogP contribution in [0.4, 0.5) is 0 Å². The average Bonchev–Trinajstić information content (AvgIpc) is 2.94. The van der Waals surface area contributed by atoms with E-state index in [9.17, 15) is 0 Å². The van der Waals surface area contributed by atoms with Crippen molar-refractivity contribution in [1.82, 2.24) is 20.2 Å². The molecule has 1 aliphatic rings. The van der Waals surface area contributed by atoms with Crippen LogP contribution in [0, 0.1) is 0 Å². The highest BCUT2D eigenvalue weighted by Crippen LogP contribution is 2.15. The summed E-state index contributed by atoms with van der Waals surface area (Å²) in [5.41, 5.74) is 2.19. The van der Waals surface area contributed by atoms with Crippen LogP contribution >= 0.6 is 0 Å². The number of aromatic amines is 1. The lowest BCUT2D eigenvalue weighted by molar-refractivity contribution is 0.315. The van der Waals surface area contributed by atoms with E-state index in [0.717, 1.165) is 36.5 Å². The lowest BCUT2D eigenvalue weighted by Crippen LogP contribution is -2.29. The van der Waals surface area contributed by atoms with E-state index >= 15 is 0 Å². The van der Waals surface area contributed by atoms with Gasteiger partial charge in [0.1, 0.15) is 5.82 Å². The van der Waals surface area contributed by atoms with Crippen LogP contribution in [0.1, 0.15) is 12.2 Å². The van der Waals surface area contributed by atoms with Crippen LogP contribution in [0.25, 0.3) is 11.0 Å². The Bertz CT molecular complexity index is 472. The van der Waals surface area contributed by atoms with Gasteiger partial charge in [-0.05, 0) is 25.6 Å². The smallest absolute Gasteiger partial charge is 0.121 e. The van der Waals surface area contributed by atoms with Gasteiger partial charge in [-0.1, -0.05) is 12.1 Å². The molecule has 1 atom stereocenters. The summed E-state index contributed by atoms with van der Waals surface area (Å²) in [4.78, 5) is 10.4. The Labute approximate surface area is 101 Å².